The Morgan fingerprint density at radius 1 is 1.52 bits per heavy atom. The summed E-state index contributed by atoms with van der Waals surface area (Å²) in [5.74, 6) is -0.869. The molecule has 0 radical (unpaired) electrons. The molecule has 2 heterocycles. The zero-order valence-corrected chi connectivity index (χ0v) is 11.5. The summed E-state index contributed by atoms with van der Waals surface area (Å²) in [5.41, 5.74) is 1.19. The minimum atomic E-state index is -1.00. The third-order valence-corrected chi connectivity index (χ3v) is 3.59. The van der Waals surface area contributed by atoms with Gasteiger partial charge in [-0.05, 0) is 24.6 Å². The summed E-state index contributed by atoms with van der Waals surface area (Å²) in [7, 11) is 1.77. The highest BCUT2D eigenvalue weighted by Crippen LogP contribution is 2.22. The van der Waals surface area contributed by atoms with Gasteiger partial charge in [0.25, 0.3) is 6.01 Å². The van der Waals surface area contributed by atoms with Gasteiger partial charge >= 0.3 is 5.97 Å². The summed E-state index contributed by atoms with van der Waals surface area (Å²) in [6.07, 6.45) is 1.22. The van der Waals surface area contributed by atoms with E-state index in [0.717, 1.165) is 6.42 Å². The minimum Gasteiger partial charge on any atom is -0.478 e. The first-order chi connectivity index (χ1) is 10.0. The number of benzene rings is 1. The van der Waals surface area contributed by atoms with Crippen LogP contribution < -0.4 is 5.32 Å². The molecule has 1 fully saturated rings. The van der Waals surface area contributed by atoms with Gasteiger partial charge in [0.2, 0.25) is 5.91 Å². The fourth-order valence-electron chi connectivity index (χ4n) is 2.42. The van der Waals surface area contributed by atoms with Crippen molar-refractivity contribution in [1.82, 2.24) is 9.88 Å². The van der Waals surface area contributed by atoms with Crippen LogP contribution in [-0.2, 0) is 4.79 Å². The van der Waals surface area contributed by atoms with Gasteiger partial charge in [-0.1, -0.05) is 0 Å². The lowest BCUT2D eigenvalue weighted by Crippen LogP contribution is -2.43. The molecule has 1 aromatic heterocycles. The second kappa shape index (κ2) is 5.08. The second-order valence-corrected chi connectivity index (χ2v) is 5.16. The van der Waals surface area contributed by atoms with Crippen LogP contribution in [0.4, 0.5) is 6.01 Å². The molecule has 2 aromatic rings. The third kappa shape index (κ3) is 2.67. The van der Waals surface area contributed by atoms with E-state index in [9.17, 15) is 9.59 Å². The molecule has 7 heteroatoms. The number of likely N-dealkylation sites (tertiary alicyclic amines) is 1. The van der Waals surface area contributed by atoms with Gasteiger partial charge in [-0.25, -0.2) is 4.79 Å². The first-order valence-corrected chi connectivity index (χ1v) is 6.67. The van der Waals surface area contributed by atoms with Crippen LogP contribution in [0.3, 0.4) is 0 Å². The Kier molecular flexibility index (Phi) is 3.25. The van der Waals surface area contributed by atoms with Gasteiger partial charge < -0.3 is 19.7 Å². The van der Waals surface area contributed by atoms with Crippen LogP contribution >= 0.6 is 0 Å². The Morgan fingerprint density at radius 2 is 2.33 bits per heavy atom. The molecule has 0 bridgehead atoms. The molecule has 110 valence electrons. The largest absolute Gasteiger partial charge is 0.478 e. The number of piperidine rings is 1. The summed E-state index contributed by atoms with van der Waals surface area (Å²) in [4.78, 5) is 28.3. The van der Waals surface area contributed by atoms with Crippen molar-refractivity contribution in [2.24, 2.45) is 0 Å². The predicted molar refractivity (Wildman–Crippen MR) is 75.3 cm³/mol. The lowest BCUT2D eigenvalue weighted by atomic mass is 10.1. The Hall–Kier alpha value is -2.57. The number of likely N-dealkylation sites (N-methyl/N-ethyl adjacent to an activating group) is 1. The normalized spacial score (nSPS) is 19.0. The van der Waals surface area contributed by atoms with E-state index < -0.39 is 5.97 Å². The van der Waals surface area contributed by atoms with E-state index in [1.165, 1.54) is 12.1 Å². The number of aromatic carboxylic acids is 1. The molecule has 21 heavy (non-hydrogen) atoms. The lowest BCUT2D eigenvalue weighted by Gasteiger charge is -2.29. The van der Waals surface area contributed by atoms with Gasteiger partial charge in [0.05, 0.1) is 5.56 Å². The molecule has 1 aliphatic rings. The zero-order valence-electron chi connectivity index (χ0n) is 11.5. The van der Waals surface area contributed by atoms with Gasteiger partial charge in [-0.2, -0.15) is 4.98 Å². The van der Waals surface area contributed by atoms with Crippen LogP contribution in [0.5, 0.6) is 0 Å². The number of rotatable bonds is 3. The van der Waals surface area contributed by atoms with E-state index in [4.69, 9.17) is 9.52 Å². The maximum absolute atomic E-state index is 11.4. The second-order valence-electron chi connectivity index (χ2n) is 5.16. The first-order valence-electron chi connectivity index (χ1n) is 6.67. The van der Waals surface area contributed by atoms with Crippen LogP contribution in [0.25, 0.3) is 11.1 Å². The number of nitrogens with one attached hydrogen (secondary N) is 1. The summed E-state index contributed by atoms with van der Waals surface area (Å²) in [6, 6.07) is 4.99. The van der Waals surface area contributed by atoms with Crippen LogP contribution in [0.15, 0.2) is 22.6 Å². The smallest absolute Gasteiger partial charge is 0.335 e. The van der Waals surface area contributed by atoms with Crippen molar-refractivity contribution < 1.29 is 19.1 Å². The number of carboxylic acids is 1. The summed E-state index contributed by atoms with van der Waals surface area (Å²) in [5, 5.41) is 12.1. The molecule has 7 nitrogen and oxygen atoms in total. The Bertz CT molecular complexity index is 709. The van der Waals surface area contributed by atoms with Gasteiger partial charge in [0.1, 0.15) is 5.52 Å². The lowest BCUT2D eigenvalue weighted by molar-refractivity contribution is -0.132. The minimum absolute atomic E-state index is 0.0831. The number of carboxylic acid groups (broad SMARTS) is 1. The average molecular weight is 289 g/mol. The van der Waals surface area contributed by atoms with Crippen LogP contribution in [0.2, 0.25) is 0 Å². The van der Waals surface area contributed by atoms with E-state index in [-0.39, 0.29) is 17.5 Å². The molecule has 0 aliphatic carbocycles. The monoisotopic (exact) mass is 289 g/mol. The fraction of sp³-hybridized carbons (Fsp3) is 0.357. The number of fused-ring (bicyclic) bond motifs is 1. The molecular weight excluding hydrogens is 274 g/mol. The van der Waals surface area contributed by atoms with E-state index >= 15 is 0 Å². The highest BCUT2D eigenvalue weighted by molar-refractivity contribution is 5.92. The van der Waals surface area contributed by atoms with E-state index in [2.05, 4.69) is 10.3 Å². The van der Waals surface area contributed by atoms with Crippen molar-refractivity contribution in [3.8, 4) is 0 Å². The number of nitrogens with zero attached hydrogens (tertiary/aromatic N) is 2. The third-order valence-electron chi connectivity index (χ3n) is 3.59. The van der Waals surface area contributed by atoms with Crippen molar-refractivity contribution in [1.29, 1.82) is 0 Å². The molecule has 1 aromatic carbocycles. The maximum Gasteiger partial charge on any atom is 0.335 e. The predicted octanol–water partition coefficient (Wildman–Crippen LogP) is 1.56. The van der Waals surface area contributed by atoms with Crippen molar-refractivity contribution >= 4 is 29.0 Å². The number of hydrogen-bond acceptors (Lipinski definition) is 5. The molecule has 1 saturated heterocycles. The van der Waals surface area contributed by atoms with E-state index in [1.807, 2.05) is 0 Å². The molecular formula is C14H15N3O4. The van der Waals surface area contributed by atoms with E-state index in [0.29, 0.717) is 30.1 Å². The number of carbonyl (C=O) groups excluding carboxylic acids is 1. The van der Waals surface area contributed by atoms with Gasteiger partial charge in [-0.3, -0.25) is 4.79 Å². The number of carbonyl (C=O) groups is 2. The molecule has 2 N–H and O–H groups in total. The van der Waals surface area contributed by atoms with Crippen molar-refractivity contribution in [2.45, 2.75) is 18.9 Å². The quantitative estimate of drug-likeness (QED) is 0.890. The summed E-state index contributed by atoms with van der Waals surface area (Å²) < 4.78 is 5.53. The van der Waals surface area contributed by atoms with Crippen LogP contribution in [0.1, 0.15) is 23.2 Å². The number of oxazole rings is 1. The molecule has 1 amide bonds. The topological polar surface area (TPSA) is 95.7 Å². The number of hydrogen-bond donors (Lipinski definition) is 2. The highest BCUT2D eigenvalue weighted by atomic mass is 16.4. The van der Waals surface area contributed by atoms with E-state index in [1.54, 1.807) is 18.0 Å². The molecule has 0 saturated carbocycles. The summed E-state index contributed by atoms with van der Waals surface area (Å²) >= 11 is 0. The van der Waals surface area contributed by atoms with Crippen molar-refractivity contribution in [2.75, 3.05) is 18.9 Å². The van der Waals surface area contributed by atoms with Crippen LogP contribution in [-0.4, -0.2) is 46.5 Å². The van der Waals surface area contributed by atoms with Gasteiger partial charge in [0, 0.05) is 26.1 Å². The van der Waals surface area contributed by atoms with Gasteiger partial charge in [-0.15, -0.1) is 0 Å². The molecule has 0 spiro atoms. The number of aromatic nitrogens is 1. The maximum atomic E-state index is 11.4. The Morgan fingerprint density at radius 3 is 3.05 bits per heavy atom. The summed E-state index contributed by atoms with van der Waals surface area (Å²) in [6.45, 7) is 0.595. The highest BCUT2D eigenvalue weighted by Gasteiger charge is 2.24. The Labute approximate surface area is 120 Å². The molecule has 1 aliphatic heterocycles. The van der Waals surface area contributed by atoms with Crippen LogP contribution in [0, 0.1) is 0 Å². The van der Waals surface area contributed by atoms with Gasteiger partial charge in [0.15, 0.2) is 5.58 Å². The SMILES string of the molecule is CN1CC(Nc2nc3ccc(C(=O)O)cc3o2)CCC1=O. The number of amides is 1. The fourth-order valence-corrected chi connectivity index (χ4v) is 2.42. The molecule has 1 unspecified atom stereocenters. The zero-order chi connectivity index (χ0) is 15.0. The number of anilines is 1. The molecule has 3 rings (SSSR count). The molecule has 1 atom stereocenters. The standard InChI is InChI=1S/C14H15N3O4/c1-17-7-9(3-5-12(17)18)15-14-16-10-4-2-8(13(19)20)6-11(10)21-14/h2,4,6,9H,3,5,7H2,1H3,(H,15,16)(H,19,20). The van der Waals surface area contributed by atoms with Crippen molar-refractivity contribution in [3.05, 3.63) is 23.8 Å². The Balaban J connectivity index is 1.78. The average Bonchev–Trinajstić information content (AvgIpc) is 2.84. The van der Waals surface area contributed by atoms with Crippen molar-refractivity contribution in [3.63, 3.8) is 0 Å². The first kappa shape index (κ1) is 13.4.